The number of carbonyl (C=O) groups is 1. The summed E-state index contributed by atoms with van der Waals surface area (Å²) in [7, 11) is 0. The molecule has 3 heterocycles. The Balaban J connectivity index is 1.45. The lowest BCUT2D eigenvalue weighted by molar-refractivity contribution is -0.125. The summed E-state index contributed by atoms with van der Waals surface area (Å²) in [6.45, 7) is 4.98. The monoisotopic (exact) mass is 410 g/mol. The fraction of sp³-hybridized carbons (Fsp3) is 0.160. The number of likely N-dealkylation sites (tertiary alicyclic amines) is 1. The zero-order valence-corrected chi connectivity index (χ0v) is 17.0. The van der Waals surface area contributed by atoms with E-state index in [0.29, 0.717) is 6.54 Å². The van der Waals surface area contributed by atoms with E-state index in [-0.39, 0.29) is 11.8 Å². The van der Waals surface area contributed by atoms with Gasteiger partial charge in [0, 0.05) is 35.7 Å². The fourth-order valence-electron chi connectivity index (χ4n) is 4.03. The number of amides is 1. The van der Waals surface area contributed by atoms with Gasteiger partial charge in [0.1, 0.15) is 11.5 Å². The number of para-hydroxylation sites is 1. The van der Waals surface area contributed by atoms with Gasteiger partial charge in [0.15, 0.2) is 0 Å². The van der Waals surface area contributed by atoms with Crippen molar-refractivity contribution in [3.8, 4) is 22.8 Å². The van der Waals surface area contributed by atoms with Gasteiger partial charge in [-0.3, -0.25) is 14.9 Å². The summed E-state index contributed by atoms with van der Waals surface area (Å²) in [5.41, 5.74) is 3.71. The van der Waals surface area contributed by atoms with Crippen LogP contribution in [0.15, 0.2) is 79.5 Å². The second kappa shape index (κ2) is 8.07. The molecule has 31 heavy (non-hydrogen) atoms. The van der Waals surface area contributed by atoms with Gasteiger partial charge in [-0.05, 0) is 55.0 Å². The minimum absolute atomic E-state index is 0.0267. The first kappa shape index (κ1) is 19.1. The molecule has 0 spiro atoms. The van der Waals surface area contributed by atoms with Crippen molar-refractivity contribution >= 4 is 16.8 Å². The van der Waals surface area contributed by atoms with Crippen LogP contribution < -0.4 is 4.74 Å². The van der Waals surface area contributed by atoms with E-state index in [9.17, 15) is 4.79 Å². The third-order valence-corrected chi connectivity index (χ3v) is 5.65. The second-order valence-electron chi connectivity index (χ2n) is 7.64. The molecule has 1 N–H and O–H groups in total. The maximum Gasteiger partial charge on any atom is 0.245 e. The molecule has 0 unspecified atom stereocenters. The Kier molecular flexibility index (Phi) is 4.96. The van der Waals surface area contributed by atoms with Crippen molar-refractivity contribution in [2.75, 3.05) is 13.1 Å². The molecular weight excluding hydrogens is 388 g/mol. The molecular formula is C25H22N4O2. The lowest BCUT2D eigenvalue weighted by Gasteiger charge is -2.15. The van der Waals surface area contributed by atoms with Crippen LogP contribution in [0.5, 0.6) is 11.5 Å². The Labute approximate surface area is 180 Å². The maximum absolute atomic E-state index is 12.0. The number of pyridine rings is 1. The molecule has 5 rings (SSSR count). The van der Waals surface area contributed by atoms with E-state index in [4.69, 9.17) is 9.72 Å². The summed E-state index contributed by atoms with van der Waals surface area (Å²) in [4.78, 5) is 18.8. The van der Waals surface area contributed by atoms with Gasteiger partial charge in [0.2, 0.25) is 5.91 Å². The highest BCUT2D eigenvalue weighted by Crippen LogP contribution is 2.33. The minimum Gasteiger partial charge on any atom is -0.457 e. The lowest BCUT2D eigenvalue weighted by Crippen LogP contribution is -2.26. The van der Waals surface area contributed by atoms with Crippen molar-refractivity contribution in [2.45, 2.75) is 12.3 Å². The Bertz CT molecular complexity index is 1230. The largest absolute Gasteiger partial charge is 0.457 e. The molecule has 1 amide bonds. The summed E-state index contributed by atoms with van der Waals surface area (Å²) in [5, 5.41) is 8.30. The van der Waals surface area contributed by atoms with Gasteiger partial charge in [-0.15, -0.1) is 0 Å². The SMILES string of the molecule is C=CC(=O)N1CC[C@H](c2cc3cn[nH]c3c(-c3ccc(Oc4ccccc4)cc3)n2)C1. The molecule has 0 aliphatic carbocycles. The van der Waals surface area contributed by atoms with E-state index in [1.807, 2.05) is 65.7 Å². The van der Waals surface area contributed by atoms with E-state index in [2.05, 4.69) is 22.8 Å². The highest BCUT2D eigenvalue weighted by molar-refractivity contribution is 5.91. The van der Waals surface area contributed by atoms with E-state index in [1.165, 1.54) is 6.08 Å². The fourth-order valence-corrected chi connectivity index (χ4v) is 4.03. The van der Waals surface area contributed by atoms with Crippen LogP contribution in [0.3, 0.4) is 0 Å². The number of ether oxygens (including phenoxy) is 1. The van der Waals surface area contributed by atoms with Crippen molar-refractivity contribution in [1.82, 2.24) is 20.1 Å². The molecule has 2 aromatic heterocycles. The molecule has 1 atom stereocenters. The van der Waals surface area contributed by atoms with Gasteiger partial charge in [-0.25, -0.2) is 0 Å². The Morgan fingerprint density at radius 3 is 2.68 bits per heavy atom. The molecule has 1 aliphatic heterocycles. The Hall–Kier alpha value is -3.93. The van der Waals surface area contributed by atoms with Gasteiger partial charge in [0.05, 0.1) is 17.4 Å². The van der Waals surface area contributed by atoms with E-state index < -0.39 is 0 Å². The number of nitrogens with one attached hydrogen (secondary N) is 1. The number of nitrogens with zero attached hydrogens (tertiary/aromatic N) is 3. The van der Waals surface area contributed by atoms with E-state index >= 15 is 0 Å². The number of benzene rings is 2. The molecule has 0 radical (unpaired) electrons. The average Bonchev–Trinajstić information content (AvgIpc) is 3.49. The number of fused-ring (bicyclic) bond motifs is 1. The average molecular weight is 410 g/mol. The van der Waals surface area contributed by atoms with Crippen LogP contribution in [-0.2, 0) is 4.79 Å². The van der Waals surface area contributed by atoms with Crippen LogP contribution in [0.2, 0.25) is 0 Å². The molecule has 1 saturated heterocycles. The predicted molar refractivity (Wildman–Crippen MR) is 120 cm³/mol. The normalized spacial score (nSPS) is 15.9. The summed E-state index contributed by atoms with van der Waals surface area (Å²) in [6, 6.07) is 19.7. The van der Waals surface area contributed by atoms with E-state index in [0.717, 1.165) is 52.3 Å². The van der Waals surface area contributed by atoms with Gasteiger partial charge < -0.3 is 9.64 Å². The molecule has 1 fully saturated rings. The Morgan fingerprint density at radius 1 is 1.13 bits per heavy atom. The Morgan fingerprint density at radius 2 is 1.90 bits per heavy atom. The maximum atomic E-state index is 12.0. The molecule has 6 heteroatoms. The van der Waals surface area contributed by atoms with Gasteiger partial charge >= 0.3 is 0 Å². The quantitative estimate of drug-likeness (QED) is 0.474. The molecule has 2 aromatic carbocycles. The zero-order chi connectivity index (χ0) is 21.2. The zero-order valence-electron chi connectivity index (χ0n) is 17.0. The van der Waals surface area contributed by atoms with Crippen molar-refractivity contribution in [2.24, 2.45) is 0 Å². The van der Waals surface area contributed by atoms with Crippen LogP contribution in [0.25, 0.3) is 22.2 Å². The van der Waals surface area contributed by atoms with Crippen LogP contribution in [-0.4, -0.2) is 39.1 Å². The van der Waals surface area contributed by atoms with Crippen LogP contribution in [0.4, 0.5) is 0 Å². The van der Waals surface area contributed by atoms with Crippen molar-refractivity contribution in [1.29, 1.82) is 0 Å². The third-order valence-electron chi connectivity index (χ3n) is 5.65. The molecule has 6 nitrogen and oxygen atoms in total. The smallest absolute Gasteiger partial charge is 0.245 e. The van der Waals surface area contributed by atoms with Gasteiger partial charge in [-0.1, -0.05) is 24.8 Å². The predicted octanol–water partition coefficient (Wildman–Crippen LogP) is 4.92. The highest BCUT2D eigenvalue weighted by atomic mass is 16.5. The van der Waals surface area contributed by atoms with Crippen molar-refractivity contribution in [3.05, 3.63) is 85.2 Å². The number of aromatic nitrogens is 3. The van der Waals surface area contributed by atoms with Crippen molar-refractivity contribution < 1.29 is 9.53 Å². The number of hydrogen-bond acceptors (Lipinski definition) is 4. The number of H-pyrrole nitrogens is 1. The van der Waals surface area contributed by atoms with Crippen LogP contribution in [0.1, 0.15) is 18.0 Å². The summed E-state index contributed by atoms with van der Waals surface area (Å²) >= 11 is 0. The summed E-state index contributed by atoms with van der Waals surface area (Å²) < 4.78 is 5.91. The molecule has 0 saturated carbocycles. The minimum atomic E-state index is -0.0267. The van der Waals surface area contributed by atoms with E-state index in [1.54, 1.807) is 0 Å². The van der Waals surface area contributed by atoms with Crippen molar-refractivity contribution in [3.63, 3.8) is 0 Å². The molecule has 0 bridgehead atoms. The summed E-state index contributed by atoms with van der Waals surface area (Å²) in [5.74, 6) is 1.73. The van der Waals surface area contributed by atoms with Crippen LogP contribution >= 0.6 is 0 Å². The molecule has 1 aliphatic rings. The van der Waals surface area contributed by atoms with Gasteiger partial charge in [-0.2, -0.15) is 5.10 Å². The van der Waals surface area contributed by atoms with Crippen LogP contribution in [0, 0.1) is 0 Å². The first-order valence-electron chi connectivity index (χ1n) is 10.3. The summed E-state index contributed by atoms with van der Waals surface area (Å²) in [6.07, 6.45) is 4.08. The topological polar surface area (TPSA) is 71.1 Å². The first-order valence-corrected chi connectivity index (χ1v) is 10.3. The molecule has 154 valence electrons. The molecule has 4 aromatic rings. The second-order valence-corrected chi connectivity index (χ2v) is 7.64. The number of hydrogen-bond donors (Lipinski definition) is 1. The highest BCUT2D eigenvalue weighted by Gasteiger charge is 2.28. The first-order chi connectivity index (χ1) is 15.2. The number of rotatable bonds is 5. The number of carbonyl (C=O) groups excluding carboxylic acids is 1. The third kappa shape index (κ3) is 3.80. The standard InChI is InChI=1S/C25H22N4O2/c1-2-23(30)29-13-12-18(16-29)22-14-19-15-26-28-25(19)24(27-22)17-8-10-21(11-9-17)31-20-6-4-3-5-7-20/h2-11,14-15,18H,1,12-13,16H2,(H,26,28)/t18-/m0/s1. The number of aromatic amines is 1. The van der Waals surface area contributed by atoms with Gasteiger partial charge in [0.25, 0.3) is 0 Å². The lowest BCUT2D eigenvalue weighted by atomic mass is 10.0.